The fourth-order valence-electron chi connectivity index (χ4n) is 2.74. The Hall–Kier alpha value is -2.84. The van der Waals surface area contributed by atoms with Crippen LogP contribution in [0.1, 0.15) is 30.0 Å². The van der Waals surface area contributed by atoms with Gasteiger partial charge in [-0.15, -0.1) is 0 Å². The number of phenolic OH excluding ortho intramolecular Hbond substituents is 1. The number of furan rings is 1. The Morgan fingerprint density at radius 2 is 2.15 bits per heavy atom. The molecule has 1 aromatic carbocycles. The van der Waals surface area contributed by atoms with Crippen molar-refractivity contribution in [3.63, 3.8) is 0 Å². The maximum absolute atomic E-state index is 12.7. The van der Waals surface area contributed by atoms with Crippen LogP contribution in [0.25, 0.3) is 5.70 Å². The zero-order valence-corrected chi connectivity index (χ0v) is 14.8. The van der Waals surface area contributed by atoms with Crippen molar-refractivity contribution in [1.82, 2.24) is 10.6 Å². The van der Waals surface area contributed by atoms with Crippen molar-refractivity contribution < 1.29 is 24.2 Å². The van der Waals surface area contributed by atoms with Crippen LogP contribution >= 0.6 is 12.2 Å². The van der Waals surface area contributed by atoms with E-state index in [1.165, 1.54) is 6.07 Å². The van der Waals surface area contributed by atoms with Gasteiger partial charge in [-0.3, -0.25) is 0 Å². The van der Waals surface area contributed by atoms with Gasteiger partial charge in [0.2, 0.25) is 0 Å². The van der Waals surface area contributed by atoms with Crippen LogP contribution in [0, 0.1) is 0 Å². The normalized spacial score (nSPS) is 16.8. The number of aliphatic hydroxyl groups excluding tert-OH is 1. The predicted octanol–water partition coefficient (Wildman–Crippen LogP) is 1.97. The Morgan fingerprint density at radius 3 is 2.81 bits per heavy atom. The molecule has 1 aliphatic heterocycles. The number of aromatic hydroxyl groups is 1. The number of phenols is 1. The summed E-state index contributed by atoms with van der Waals surface area (Å²) < 4.78 is 10.8. The van der Waals surface area contributed by atoms with Gasteiger partial charge in [0, 0.05) is 0 Å². The molecule has 26 heavy (non-hydrogen) atoms. The molecule has 0 spiro atoms. The summed E-state index contributed by atoms with van der Waals surface area (Å²) in [6.07, 6.45) is 0. The van der Waals surface area contributed by atoms with Gasteiger partial charge in [0.1, 0.15) is 18.1 Å². The van der Waals surface area contributed by atoms with Crippen LogP contribution < -0.4 is 10.6 Å². The molecule has 136 valence electrons. The van der Waals surface area contributed by atoms with Crippen LogP contribution in [0.2, 0.25) is 0 Å². The number of rotatable bonds is 5. The third kappa shape index (κ3) is 3.56. The molecule has 1 aromatic heterocycles. The average Bonchev–Trinajstić information content (AvgIpc) is 3.10. The maximum Gasteiger partial charge on any atom is 0.338 e. The maximum atomic E-state index is 12.7. The highest BCUT2D eigenvalue weighted by Gasteiger charge is 2.34. The van der Waals surface area contributed by atoms with E-state index in [-0.39, 0.29) is 24.5 Å². The van der Waals surface area contributed by atoms with Gasteiger partial charge in [0.05, 0.1) is 23.9 Å². The summed E-state index contributed by atoms with van der Waals surface area (Å²) in [5.74, 6) is 0.237. The molecule has 0 saturated carbocycles. The SMILES string of the molecule is CCOC(=O)C1=C(c2ccc(CO)o2)NC(=S)NC1c1cccc(O)c1. The molecule has 4 N–H and O–H groups in total. The van der Waals surface area contributed by atoms with Gasteiger partial charge >= 0.3 is 5.97 Å². The zero-order chi connectivity index (χ0) is 18.7. The second-order valence-corrected chi connectivity index (χ2v) is 5.97. The number of aliphatic hydroxyl groups is 1. The van der Waals surface area contributed by atoms with Gasteiger partial charge in [-0.05, 0) is 49.0 Å². The lowest BCUT2D eigenvalue weighted by Gasteiger charge is -2.30. The van der Waals surface area contributed by atoms with Crippen molar-refractivity contribution in [2.75, 3.05) is 6.61 Å². The van der Waals surface area contributed by atoms with Crippen LogP contribution in [0.4, 0.5) is 0 Å². The Morgan fingerprint density at radius 1 is 1.35 bits per heavy atom. The van der Waals surface area contributed by atoms with E-state index in [2.05, 4.69) is 10.6 Å². The lowest BCUT2D eigenvalue weighted by atomic mass is 9.94. The minimum Gasteiger partial charge on any atom is -0.508 e. The standard InChI is InChI=1S/C18H18N2O5S/c1-2-24-17(23)14-15(10-4-3-5-11(22)8-10)19-18(26)20-16(14)13-7-6-12(9-21)25-13/h3-8,15,21-22H,2,9H2,1H3,(H2,19,20,26). The number of ether oxygens (including phenoxy) is 1. The molecule has 1 aliphatic rings. The molecule has 2 heterocycles. The molecule has 7 nitrogen and oxygen atoms in total. The molecule has 0 amide bonds. The molecule has 0 fully saturated rings. The van der Waals surface area contributed by atoms with Gasteiger partial charge in [-0.25, -0.2) is 4.79 Å². The van der Waals surface area contributed by atoms with Crippen molar-refractivity contribution in [3.8, 4) is 5.75 Å². The number of esters is 1. The second-order valence-electron chi connectivity index (χ2n) is 5.56. The quantitative estimate of drug-likeness (QED) is 0.465. The lowest BCUT2D eigenvalue weighted by molar-refractivity contribution is -0.138. The smallest absolute Gasteiger partial charge is 0.338 e. The largest absolute Gasteiger partial charge is 0.508 e. The number of thiocarbonyl (C=S) groups is 1. The topological polar surface area (TPSA) is 104 Å². The Kier molecular flexibility index (Phi) is 5.24. The highest BCUT2D eigenvalue weighted by Crippen LogP contribution is 2.33. The van der Waals surface area contributed by atoms with E-state index in [1.807, 2.05) is 0 Å². The number of hydrogen-bond acceptors (Lipinski definition) is 6. The number of nitrogens with one attached hydrogen (secondary N) is 2. The number of carbonyl (C=O) groups is 1. The van der Waals surface area contributed by atoms with Crippen molar-refractivity contribution >= 4 is 29.0 Å². The van der Waals surface area contributed by atoms with Crippen LogP contribution in [0.3, 0.4) is 0 Å². The van der Waals surface area contributed by atoms with Crippen LogP contribution in [0.15, 0.2) is 46.4 Å². The first kappa shape index (κ1) is 18.0. The summed E-state index contributed by atoms with van der Waals surface area (Å²) in [5, 5.41) is 25.3. The number of hydrogen-bond donors (Lipinski definition) is 4. The van der Waals surface area contributed by atoms with E-state index in [9.17, 15) is 15.0 Å². The summed E-state index contributed by atoms with van der Waals surface area (Å²) in [5.41, 5.74) is 1.27. The molecular weight excluding hydrogens is 356 g/mol. The van der Waals surface area contributed by atoms with E-state index in [4.69, 9.17) is 21.4 Å². The Balaban J connectivity index is 2.16. The third-order valence-electron chi connectivity index (χ3n) is 3.83. The monoisotopic (exact) mass is 374 g/mol. The summed E-state index contributed by atoms with van der Waals surface area (Å²) in [4.78, 5) is 12.7. The van der Waals surface area contributed by atoms with E-state index < -0.39 is 12.0 Å². The molecule has 1 atom stereocenters. The first-order valence-corrected chi connectivity index (χ1v) is 8.42. The van der Waals surface area contributed by atoms with Gasteiger partial charge in [0.25, 0.3) is 0 Å². The summed E-state index contributed by atoms with van der Waals surface area (Å²) in [6.45, 7) is 1.65. The summed E-state index contributed by atoms with van der Waals surface area (Å²) in [6, 6.07) is 9.15. The third-order valence-corrected chi connectivity index (χ3v) is 4.05. The van der Waals surface area contributed by atoms with Crippen molar-refractivity contribution in [3.05, 3.63) is 59.1 Å². The first-order chi connectivity index (χ1) is 12.5. The fraction of sp³-hybridized carbons (Fsp3) is 0.222. The highest BCUT2D eigenvalue weighted by atomic mass is 32.1. The molecule has 1 unspecified atom stereocenters. The minimum absolute atomic E-state index is 0.0686. The van der Waals surface area contributed by atoms with E-state index in [0.29, 0.717) is 27.9 Å². The van der Waals surface area contributed by atoms with E-state index in [1.54, 1.807) is 37.3 Å². The minimum atomic E-state index is -0.632. The Labute approximate surface area is 155 Å². The molecule has 0 saturated heterocycles. The fourth-order valence-corrected chi connectivity index (χ4v) is 2.96. The van der Waals surface area contributed by atoms with Gasteiger partial charge in [0.15, 0.2) is 10.9 Å². The number of carbonyl (C=O) groups excluding carboxylic acids is 1. The lowest BCUT2D eigenvalue weighted by Crippen LogP contribution is -2.45. The van der Waals surface area contributed by atoms with Gasteiger partial charge in [-0.1, -0.05) is 12.1 Å². The molecule has 3 rings (SSSR count). The molecule has 0 bridgehead atoms. The van der Waals surface area contributed by atoms with Crippen LogP contribution in [-0.4, -0.2) is 27.9 Å². The second kappa shape index (κ2) is 7.59. The summed E-state index contributed by atoms with van der Waals surface area (Å²) in [7, 11) is 0. The van der Waals surface area contributed by atoms with E-state index in [0.717, 1.165) is 0 Å². The zero-order valence-electron chi connectivity index (χ0n) is 14.0. The van der Waals surface area contributed by atoms with Crippen molar-refractivity contribution in [2.45, 2.75) is 19.6 Å². The van der Waals surface area contributed by atoms with Crippen molar-refractivity contribution in [1.29, 1.82) is 0 Å². The van der Waals surface area contributed by atoms with Gasteiger partial charge < -0.3 is 30.0 Å². The molecule has 0 radical (unpaired) electrons. The average molecular weight is 374 g/mol. The van der Waals surface area contributed by atoms with E-state index >= 15 is 0 Å². The summed E-state index contributed by atoms with van der Waals surface area (Å²) >= 11 is 5.27. The number of benzene rings is 1. The first-order valence-electron chi connectivity index (χ1n) is 8.01. The van der Waals surface area contributed by atoms with Crippen LogP contribution in [-0.2, 0) is 16.1 Å². The Bertz CT molecular complexity index is 874. The van der Waals surface area contributed by atoms with Gasteiger partial charge in [-0.2, -0.15) is 0 Å². The molecule has 8 heteroatoms. The molecular formula is C18H18N2O5S. The molecule has 0 aliphatic carbocycles. The van der Waals surface area contributed by atoms with Crippen molar-refractivity contribution in [2.24, 2.45) is 0 Å². The van der Waals surface area contributed by atoms with Crippen LogP contribution in [0.5, 0.6) is 5.75 Å². The highest BCUT2D eigenvalue weighted by molar-refractivity contribution is 7.80. The molecule has 2 aromatic rings. The predicted molar refractivity (Wildman–Crippen MR) is 97.9 cm³/mol.